The zero-order valence-corrected chi connectivity index (χ0v) is 15.1. The number of hydrogen-bond donors (Lipinski definition) is 1. The number of nitrogens with zero attached hydrogens (tertiary/aromatic N) is 1. The standard InChI is InChI=1S/C11H14N2O4S2.Na/c1-10-4-11(10,9(16)17)13-7(15)6(8(13)19-10)12-5(14)3-18-2;/h6,8H,3-4H2,1-2H3,(H,12,14)(H,16,17);/q;+1/p-1/t6?,8-,10?,11?;/m1./s1. The van der Waals surface area contributed by atoms with Crippen LogP contribution in [0.5, 0.6) is 0 Å². The first-order valence-electron chi connectivity index (χ1n) is 5.88. The van der Waals surface area contributed by atoms with Crippen LogP contribution < -0.4 is 40.0 Å². The van der Waals surface area contributed by atoms with E-state index >= 15 is 0 Å². The van der Waals surface area contributed by atoms with Gasteiger partial charge in [-0.05, 0) is 19.6 Å². The van der Waals surface area contributed by atoms with Gasteiger partial charge in [-0.15, -0.1) is 11.8 Å². The number of fused-ring (bicyclic) bond motifs is 3. The fourth-order valence-corrected chi connectivity index (χ4v) is 5.30. The molecule has 1 N–H and O–H groups in total. The van der Waals surface area contributed by atoms with Crippen LogP contribution >= 0.6 is 23.5 Å². The third-order valence-electron chi connectivity index (χ3n) is 4.11. The summed E-state index contributed by atoms with van der Waals surface area (Å²) in [5.74, 6) is -1.40. The maximum absolute atomic E-state index is 12.1. The maximum Gasteiger partial charge on any atom is 1.00 e. The molecule has 0 bridgehead atoms. The van der Waals surface area contributed by atoms with Crippen LogP contribution in [0.3, 0.4) is 0 Å². The largest absolute Gasteiger partial charge is 1.00 e. The molecular weight excluding hydrogens is 311 g/mol. The molecule has 0 spiro atoms. The molecule has 3 rings (SSSR count). The Morgan fingerprint density at radius 3 is 2.80 bits per heavy atom. The Hall–Kier alpha value is 0.110. The first-order valence-corrected chi connectivity index (χ1v) is 8.15. The summed E-state index contributed by atoms with van der Waals surface area (Å²) in [4.78, 5) is 36.3. The summed E-state index contributed by atoms with van der Waals surface area (Å²) in [5, 5.41) is 13.7. The summed E-state index contributed by atoms with van der Waals surface area (Å²) in [7, 11) is 0. The second-order valence-corrected chi connectivity index (χ2v) is 7.74. The van der Waals surface area contributed by atoms with Crippen molar-refractivity contribution in [3.63, 3.8) is 0 Å². The molecule has 2 aliphatic heterocycles. The van der Waals surface area contributed by atoms with E-state index in [9.17, 15) is 19.5 Å². The molecule has 104 valence electrons. The van der Waals surface area contributed by atoms with Gasteiger partial charge < -0.3 is 20.1 Å². The Labute approximate surface area is 147 Å². The number of aliphatic carboxylic acids is 1. The molecule has 3 aliphatic rings. The van der Waals surface area contributed by atoms with Crippen molar-refractivity contribution in [2.75, 3.05) is 12.0 Å². The summed E-state index contributed by atoms with van der Waals surface area (Å²) in [5.41, 5.74) is -1.15. The van der Waals surface area contributed by atoms with E-state index < -0.39 is 22.3 Å². The van der Waals surface area contributed by atoms with Gasteiger partial charge in [0.15, 0.2) is 0 Å². The molecule has 0 radical (unpaired) electrons. The minimum absolute atomic E-state index is 0. The summed E-state index contributed by atoms with van der Waals surface area (Å²) in [6.45, 7) is 1.83. The van der Waals surface area contributed by atoms with E-state index in [1.54, 1.807) is 6.26 Å². The van der Waals surface area contributed by atoms with E-state index in [4.69, 9.17) is 0 Å². The van der Waals surface area contributed by atoms with Gasteiger partial charge in [0.05, 0.1) is 17.3 Å². The summed E-state index contributed by atoms with van der Waals surface area (Å²) in [6, 6.07) is -0.592. The molecule has 6 nitrogen and oxygen atoms in total. The van der Waals surface area contributed by atoms with Crippen LogP contribution in [-0.2, 0) is 14.4 Å². The first-order chi connectivity index (χ1) is 8.87. The van der Waals surface area contributed by atoms with Gasteiger partial charge in [0.25, 0.3) is 0 Å². The molecule has 4 atom stereocenters. The van der Waals surface area contributed by atoms with Gasteiger partial charge in [-0.2, -0.15) is 11.8 Å². The Morgan fingerprint density at radius 1 is 1.60 bits per heavy atom. The molecule has 3 unspecified atom stereocenters. The van der Waals surface area contributed by atoms with Gasteiger partial charge in [-0.3, -0.25) is 9.59 Å². The van der Waals surface area contributed by atoms with Gasteiger partial charge in [0.1, 0.15) is 11.4 Å². The number of rotatable bonds is 4. The molecule has 1 aliphatic carbocycles. The monoisotopic (exact) mass is 324 g/mol. The van der Waals surface area contributed by atoms with Crippen LogP contribution in [0.4, 0.5) is 0 Å². The van der Waals surface area contributed by atoms with E-state index in [0.29, 0.717) is 12.2 Å². The topological polar surface area (TPSA) is 89.5 Å². The predicted molar refractivity (Wildman–Crippen MR) is 69.3 cm³/mol. The Bertz CT molecular complexity index is 505. The number of carbonyl (C=O) groups excluding carboxylic acids is 3. The molecule has 2 amide bonds. The Kier molecular flexibility index (Phi) is 4.19. The number of β-lactam (4-membered cyclic amide) rings is 1. The van der Waals surface area contributed by atoms with E-state index in [-0.39, 0.29) is 46.7 Å². The van der Waals surface area contributed by atoms with Crippen LogP contribution in [-0.4, -0.2) is 56.4 Å². The minimum atomic E-state index is -1.19. The van der Waals surface area contributed by atoms with Crippen molar-refractivity contribution < 1.29 is 49.0 Å². The summed E-state index contributed by atoms with van der Waals surface area (Å²) >= 11 is 2.83. The van der Waals surface area contributed by atoms with Crippen molar-refractivity contribution in [2.45, 2.75) is 35.0 Å². The normalized spacial score (nSPS) is 40.1. The van der Waals surface area contributed by atoms with Gasteiger partial charge >= 0.3 is 29.6 Å². The minimum Gasteiger partial charge on any atom is -0.548 e. The molecule has 2 heterocycles. The quantitative estimate of drug-likeness (QED) is 0.414. The average molecular weight is 324 g/mol. The van der Waals surface area contributed by atoms with Crippen LogP contribution in [0, 0.1) is 0 Å². The number of nitrogens with one attached hydrogen (secondary N) is 1. The number of carboxylic acid groups (broad SMARTS) is 1. The zero-order valence-electron chi connectivity index (χ0n) is 11.5. The first kappa shape index (κ1) is 16.5. The van der Waals surface area contributed by atoms with Crippen LogP contribution in [0.25, 0.3) is 0 Å². The number of hydrogen-bond acceptors (Lipinski definition) is 6. The average Bonchev–Trinajstić information content (AvgIpc) is 2.86. The molecule has 0 aromatic heterocycles. The van der Waals surface area contributed by atoms with E-state index in [2.05, 4.69) is 5.32 Å². The van der Waals surface area contributed by atoms with Gasteiger partial charge in [0, 0.05) is 4.75 Å². The van der Waals surface area contributed by atoms with Crippen molar-refractivity contribution in [1.82, 2.24) is 10.2 Å². The number of carboxylic acids is 1. The van der Waals surface area contributed by atoms with Crippen molar-refractivity contribution in [3.05, 3.63) is 0 Å². The Morgan fingerprint density at radius 2 is 2.25 bits per heavy atom. The molecule has 0 aromatic carbocycles. The molecule has 2 saturated heterocycles. The zero-order chi connectivity index (χ0) is 14.0. The van der Waals surface area contributed by atoms with Crippen molar-refractivity contribution in [2.24, 2.45) is 0 Å². The van der Waals surface area contributed by atoms with Gasteiger partial charge in [0.2, 0.25) is 11.8 Å². The fraction of sp³-hybridized carbons (Fsp3) is 0.727. The van der Waals surface area contributed by atoms with E-state index in [1.165, 1.54) is 28.4 Å². The third kappa shape index (κ3) is 1.88. The van der Waals surface area contributed by atoms with Gasteiger partial charge in [-0.1, -0.05) is 0 Å². The molecule has 0 aromatic rings. The van der Waals surface area contributed by atoms with Gasteiger partial charge in [-0.25, -0.2) is 0 Å². The molecular formula is C11H13N2NaO4S2. The van der Waals surface area contributed by atoms with Crippen LogP contribution in [0.2, 0.25) is 0 Å². The summed E-state index contributed by atoms with van der Waals surface area (Å²) < 4.78 is -0.467. The summed E-state index contributed by atoms with van der Waals surface area (Å²) in [6.07, 6.45) is 2.24. The molecule has 1 saturated carbocycles. The molecule has 20 heavy (non-hydrogen) atoms. The number of carbonyl (C=O) groups is 3. The predicted octanol–water partition coefficient (Wildman–Crippen LogP) is -4.60. The van der Waals surface area contributed by atoms with E-state index in [0.717, 1.165) is 0 Å². The SMILES string of the molecule is CSCC(=O)NC1C(=O)N2[C@@H]1SC1(C)CC21C(=O)[O-].[Na+]. The van der Waals surface area contributed by atoms with Crippen molar-refractivity contribution in [1.29, 1.82) is 0 Å². The molecule has 3 fully saturated rings. The van der Waals surface area contributed by atoms with Crippen molar-refractivity contribution >= 4 is 41.3 Å². The smallest absolute Gasteiger partial charge is 0.548 e. The second kappa shape index (κ2) is 5.08. The Balaban J connectivity index is 0.00000147. The number of amides is 2. The fourth-order valence-electron chi connectivity index (χ4n) is 3.05. The maximum atomic E-state index is 12.1. The second-order valence-electron chi connectivity index (χ2n) is 5.25. The molecule has 9 heteroatoms. The van der Waals surface area contributed by atoms with E-state index in [1.807, 2.05) is 6.92 Å². The number of thioether (sulfide) groups is 2. The third-order valence-corrected chi connectivity index (χ3v) is 6.39. The van der Waals surface area contributed by atoms with Crippen molar-refractivity contribution in [3.8, 4) is 0 Å². The van der Waals surface area contributed by atoms with Crippen LogP contribution in [0.1, 0.15) is 13.3 Å². The van der Waals surface area contributed by atoms with Crippen LogP contribution in [0.15, 0.2) is 0 Å².